The molecule has 0 aliphatic carbocycles. The Balaban J connectivity index is 2.67. The van der Waals surface area contributed by atoms with Crippen LogP contribution in [-0.4, -0.2) is 22.4 Å². The summed E-state index contributed by atoms with van der Waals surface area (Å²) in [5.74, 6) is 0. The van der Waals surface area contributed by atoms with Crippen LogP contribution in [0.1, 0.15) is 46.2 Å². The zero-order valence-corrected chi connectivity index (χ0v) is 13.4. The maximum atomic E-state index is 4.40. The van der Waals surface area contributed by atoms with Crippen LogP contribution >= 0.6 is 15.9 Å². The highest BCUT2D eigenvalue weighted by molar-refractivity contribution is 9.10. The first-order valence-electron chi connectivity index (χ1n) is 6.68. The molecule has 102 valence electrons. The first-order chi connectivity index (χ1) is 8.56. The third kappa shape index (κ3) is 4.58. The molecule has 0 atom stereocenters. The number of aromatic nitrogens is 2. The molecule has 1 heterocycles. The van der Waals surface area contributed by atoms with Crippen molar-refractivity contribution in [1.82, 2.24) is 15.1 Å². The number of halogens is 1. The van der Waals surface area contributed by atoms with Crippen molar-refractivity contribution in [1.29, 1.82) is 0 Å². The quantitative estimate of drug-likeness (QED) is 0.775. The molecule has 0 aromatic carbocycles. The van der Waals surface area contributed by atoms with Gasteiger partial charge in [0, 0.05) is 12.6 Å². The molecular formula is C14H24BrN3. The van der Waals surface area contributed by atoms with E-state index < -0.39 is 0 Å². The van der Waals surface area contributed by atoms with Gasteiger partial charge in [0.1, 0.15) is 0 Å². The number of rotatable bonds is 7. The van der Waals surface area contributed by atoms with E-state index in [-0.39, 0.29) is 0 Å². The van der Waals surface area contributed by atoms with Crippen LogP contribution in [0.25, 0.3) is 5.57 Å². The third-order valence-corrected chi connectivity index (χ3v) is 3.33. The molecule has 3 nitrogen and oxygen atoms in total. The van der Waals surface area contributed by atoms with Crippen LogP contribution < -0.4 is 5.32 Å². The second-order valence-electron chi connectivity index (χ2n) is 4.85. The van der Waals surface area contributed by atoms with Gasteiger partial charge in [-0.15, -0.1) is 0 Å². The largest absolute Gasteiger partial charge is 0.314 e. The summed E-state index contributed by atoms with van der Waals surface area (Å²) in [5, 5.41) is 7.82. The maximum Gasteiger partial charge on any atom is 0.0778 e. The van der Waals surface area contributed by atoms with E-state index in [9.17, 15) is 0 Å². The van der Waals surface area contributed by atoms with E-state index in [1.807, 2.05) is 6.20 Å². The Bertz CT molecular complexity index is 394. The molecule has 1 aromatic rings. The van der Waals surface area contributed by atoms with Crippen molar-refractivity contribution in [2.75, 3.05) is 6.54 Å². The van der Waals surface area contributed by atoms with Gasteiger partial charge in [0.15, 0.2) is 0 Å². The topological polar surface area (TPSA) is 29.9 Å². The van der Waals surface area contributed by atoms with Crippen molar-refractivity contribution in [3.63, 3.8) is 0 Å². The lowest BCUT2D eigenvalue weighted by Crippen LogP contribution is -2.23. The lowest BCUT2D eigenvalue weighted by Gasteiger charge is -2.09. The minimum absolute atomic E-state index is 0.552. The fourth-order valence-corrected chi connectivity index (χ4v) is 2.50. The highest BCUT2D eigenvalue weighted by atomic mass is 79.9. The zero-order chi connectivity index (χ0) is 13.5. The highest BCUT2D eigenvalue weighted by Gasteiger charge is 2.09. The monoisotopic (exact) mass is 313 g/mol. The van der Waals surface area contributed by atoms with Gasteiger partial charge in [0.2, 0.25) is 0 Å². The van der Waals surface area contributed by atoms with E-state index in [1.165, 1.54) is 11.3 Å². The molecule has 1 rings (SSSR count). The van der Waals surface area contributed by atoms with Gasteiger partial charge in [-0.25, -0.2) is 0 Å². The first-order valence-corrected chi connectivity index (χ1v) is 7.47. The molecule has 0 aliphatic heterocycles. The lowest BCUT2D eigenvalue weighted by molar-refractivity contribution is 0.591. The molecular weight excluding hydrogens is 290 g/mol. The predicted molar refractivity (Wildman–Crippen MR) is 81.6 cm³/mol. The molecule has 0 aliphatic rings. The molecule has 1 N–H and O–H groups in total. The van der Waals surface area contributed by atoms with Crippen LogP contribution in [0.2, 0.25) is 0 Å². The molecule has 0 fully saturated rings. The second kappa shape index (κ2) is 7.74. The Morgan fingerprint density at radius 1 is 1.56 bits per heavy atom. The van der Waals surface area contributed by atoms with Crippen LogP contribution in [0.3, 0.4) is 0 Å². The molecule has 0 unspecified atom stereocenters. The van der Waals surface area contributed by atoms with Crippen LogP contribution in [-0.2, 0) is 6.54 Å². The molecule has 1 aromatic heterocycles. The molecule has 0 saturated heterocycles. The van der Waals surface area contributed by atoms with Crippen LogP contribution in [0.15, 0.2) is 16.7 Å². The van der Waals surface area contributed by atoms with E-state index in [0.717, 1.165) is 30.4 Å². The number of aryl methyl sites for hydroxylation is 1. The minimum atomic E-state index is 0.552. The van der Waals surface area contributed by atoms with Crippen molar-refractivity contribution >= 4 is 21.5 Å². The number of nitrogens with one attached hydrogen (secondary N) is 1. The Labute approximate surface area is 119 Å². The molecule has 4 heteroatoms. The smallest absolute Gasteiger partial charge is 0.0778 e. The average molecular weight is 314 g/mol. The van der Waals surface area contributed by atoms with Crippen molar-refractivity contribution < 1.29 is 0 Å². The van der Waals surface area contributed by atoms with Gasteiger partial charge in [0.05, 0.1) is 16.4 Å². The Kier molecular flexibility index (Phi) is 6.65. The fourth-order valence-electron chi connectivity index (χ4n) is 1.89. The average Bonchev–Trinajstić information content (AvgIpc) is 2.66. The lowest BCUT2D eigenvalue weighted by atomic mass is 10.1. The van der Waals surface area contributed by atoms with Crippen LogP contribution in [0.4, 0.5) is 0 Å². The molecule has 0 amide bonds. The van der Waals surface area contributed by atoms with Crippen LogP contribution in [0, 0.1) is 0 Å². The van der Waals surface area contributed by atoms with Crippen molar-refractivity contribution in [2.45, 2.75) is 53.1 Å². The summed E-state index contributed by atoms with van der Waals surface area (Å²) in [6.07, 6.45) is 6.31. The normalized spacial score (nSPS) is 12.4. The SMILES string of the molecule is CCCn1ncc(Br)c1C(C)=CCCNC(C)C. The number of hydrogen-bond donors (Lipinski definition) is 1. The molecule has 0 radical (unpaired) electrons. The van der Waals surface area contributed by atoms with E-state index >= 15 is 0 Å². The van der Waals surface area contributed by atoms with Crippen molar-refractivity contribution in [3.05, 3.63) is 22.4 Å². The highest BCUT2D eigenvalue weighted by Crippen LogP contribution is 2.24. The Morgan fingerprint density at radius 2 is 2.28 bits per heavy atom. The standard InChI is InChI=1S/C14H24BrN3/c1-5-9-18-14(13(15)10-17-18)12(4)7-6-8-16-11(2)3/h7,10-11,16H,5-6,8-9H2,1-4H3. The van der Waals surface area contributed by atoms with Gasteiger partial charge in [-0.05, 0) is 47.8 Å². The van der Waals surface area contributed by atoms with E-state index in [2.05, 4.69) is 64.8 Å². The Hall–Kier alpha value is -0.610. The van der Waals surface area contributed by atoms with Gasteiger partial charge in [-0.1, -0.05) is 26.8 Å². The molecule has 0 spiro atoms. The zero-order valence-electron chi connectivity index (χ0n) is 11.8. The Morgan fingerprint density at radius 3 is 2.89 bits per heavy atom. The van der Waals surface area contributed by atoms with Gasteiger partial charge in [-0.2, -0.15) is 5.10 Å². The summed E-state index contributed by atoms with van der Waals surface area (Å²) in [7, 11) is 0. The summed E-state index contributed by atoms with van der Waals surface area (Å²) < 4.78 is 3.16. The summed E-state index contributed by atoms with van der Waals surface area (Å²) in [6.45, 7) is 10.7. The van der Waals surface area contributed by atoms with Gasteiger partial charge in [0.25, 0.3) is 0 Å². The third-order valence-electron chi connectivity index (χ3n) is 2.75. The van der Waals surface area contributed by atoms with Gasteiger partial charge < -0.3 is 5.32 Å². The summed E-state index contributed by atoms with van der Waals surface area (Å²) >= 11 is 3.58. The van der Waals surface area contributed by atoms with Gasteiger partial charge in [-0.3, -0.25) is 4.68 Å². The summed E-state index contributed by atoms with van der Waals surface area (Å²) in [4.78, 5) is 0. The molecule has 18 heavy (non-hydrogen) atoms. The number of hydrogen-bond acceptors (Lipinski definition) is 2. The molecule has 0 bridgehead atoms. The number of nitrogens with zero attached hydrogens (tertiary/aromatic N) is 2. The summed E-state index contributed by atoms with van der Waals surface area (Å²) in [6, 6.07) is 0.552. The first kappa shape index (κ1) is 15.4. The second-order valence-corrected chi connectivity index (χ2v) is 5.70. The van der Waals surface area contributed by atoms with Crippen molar-refractivity contribution in [2.24, 2.45) is 0 Å². The number of allylic oxidation sites excluding steroid dienone is 1. The minimum Gasteiger partial charge on any atom is -0.314 e. The predicted octanol–water partition coefficient (Wildman–Crippen LogP) is 3.85. The molecule has 0 saturated carbocycles. The summed E-state index contributed by atoms with van der Waals surface area (Å²) in [5.41, 5.74) is 2.50. The van der Waals surface area contributed by atoms with Gasteiger partial charge >= 0.3 is 0 Å². The van der Waals surface area contributed by atoms with E-state index in [4.69, 9.17) is 0 Å². The van der Waals surface area contributed by atoms with Crippen molar-refractivity contribution in [3.8, 4) is 0 Å². The van der Waals surface area contributed by atoms with E-state index in [0.29, 0.717) is 6.04 Å². The van der Waals surface area contributed by atoms with E-state index in [1.54, 1.807) is 0 Å². The maximum absolute atomic E-state index is 4.40. The van der Waals surface area contributed by atoms with Crippen LogP contribution in [0.5, 0.6) is 0 Å². The fraction of sp³-hybridized carbons (Fsp3) is 0.643.